The zero-order chi connectivity index (χ0) is 15.0. The van der Waals surface area contributed by atoms with Gasteiger partial charge in [-0.05, 0) is 29.8 Å². The molecule has 3 aromatic rings. The van der Waals surface area contributed by atoms with Crippen molar-refractivity contribution >= 4 is 26.8 Å². The zero-order valence-electron chi connectivity index (χ0n) is 11.4. The number of rotatable bonds is 3. The summed E-state index contributed by atoms with van der Waals surface area (Å²) in [7, 11) is 1.87. The molecule has 1 aromatic heterocycles. The summed E-state index contributed by atoms with van der Waals surface area (Å²) < 4.78 is 15.8. The summed E-state index contributed by atoms with van der Waals surface area (Å²) in [5.41, 5.74) is 2.36. The Morgan fingerprint density at radius 2 is 2.05 bits per heavy atom. The first kappa shape index (κ1) is 14.2. The number of hydrogen-bond acceptors (Lipinski definition) is 2. The number of halogens is 2. The first-order chi connectivity index (χ1) is 10.0. The standard InChI is InChI=1S/C16H14BrFN2O/c1-20-15-5-3-2-4-13(15)14(19-20)9-16(21)10-6-11(17)8-12(18)7-10/h2-8,16,21H,9H2,1H3. The number of aliphatic hydroxyl groups is 1. The van der Waals surface area contributed by atoms with Gasteiger partial charge in [-0.2, -0.15) is 5.10 Å². The minimum atomic E-state index is -0.796. The van der Waals surface area contributed by atoms with Crippen LogP contribution in [0.4, 0.5) is 4.39 Å². The van der Waals surface area contributed by atoms with Gasteiger partial charge in [-0.25, -0.2) is 4.39 Å². The van der Waals surface area contributed by atoms with Gasteiger partial charge in [0.25, 0.3) is 0 Å². The summed E-state index contributed by atoms with van der Waals surface area (Å²) in [6.45, 7) is 0. The van der Waals surface area contributed by atoms with Crippen molar-refractivity contribution in [2.75, 3.05) is 0 Å². The molecule has 0 fully saturated rings. The van der Waals surface area contributed by atoms with Crippen molar-refractivity contribution in [3.05, 3.63) is 64.0 Å². The Hall–Kier alpha value is -1.72. The lowest BCUT2D eigenvalue weighted by Gasteiger charge is -2.10. The summed E-state index contributed by atoms with van der Waals surface area (Å²) in [6.07, 6.45) is -0.452. The van der Waals surface area contributed by atoms with E-state index >= 15 is 0 Å². The number of benzene rings is 2. The van der Waals surface area contributed by atoms with E-state index in [1.807, 2.05) is 31.3 Å². The molecule has 21 heavy (non-hydrogen) atoms. The lowest BCUT2D eigenvalue weighted by Crippen LogP contribution is -2.04. The first-order valence-corrected chi connectivity index (χ1v) is 7.38. The van der Waals surface area contributed by atoms with Crippen molar-refractivity contribution in [3.63, 3.8) is 0 Å². The van der Waals surface area contributed by atoms with Gasteiger partial charge in [0.15, 0.2) is 0 Å². The van der Waals surface area contributed by atoms with Gasteiger partial charge in [-0.15, -0.1) is 0 Å². The third-order valence-electron chi connectivity index (χ3n) is 3.49. The lowest BCUT2D eigenvalue weighted by molar-refractivity contribution is 0.177. The normalized spacial score (nSPS) is 12.8. The number of fused-ring (bicyclic) bond motifs is 1. The van der Waals surface area contributed by atoms with E-state index in [0.717, 1.165) is 16.6 Å². The fourth-order valence-corrected chi connectivity index (χ4v) is 2.99. The average Bonchev–Trinajstić information content (AvgIpc) is 2.75. The second kappa shape index (κ2) is 5.58. The average molecular weight is 349 g/mol. The molecular weight excluding hydrogens is 335 g/mol. The molecule has 0 amide bonds. The van der Waals surface area contributed by atoms with Crippen molar-refractivity contribution in [2.45, 2.75) is 12.5 Å². The predicted octanol–water partition coefficient (Wildman–Crippen LogP) is 3.75. The molecule has 1 N–H and O–H groups in total. The van der Waals surface area contributed by atoms with E-state index in [4.69, 9.17) is 0 Å². The van der Waals surface area contributed by atoms with Crippen LogP contribution in [0.15, 0.2) is 46.9 Å². The molecule has 1 unspecified atom stereocenters. The van der Waals surface area contributed by atoms with Gasteiger partial charge >= 0.3 is 0 Å². The summed E-state index contributed by atoms with van der Waals surface area (Å²) in [5, 5.41) is 15.8. The maximum Gasteiger partial charge on any atom is 0.124 e. The number of aromatic nitrogens is 2. The van der Waals surface area contributed by atoms with Crippen molar-refractivity contribution in [1.29, 1.82) is 0 Å². The predicted molar refractivity (Wildman–Crippen MR) is 83.5 cm³/mol. The molecule has 3 rings (SSSR count). The van der Waals surface area contributed by atoms with E-state index in [2.05, 4.69) is 21.0 Å². The number of nitrogens with zero attached hydrogens (tertiary/aromatic N) is 2. The van der Waals surface area contributed by atoms with Crippen molar-refractivity contribution in [1.82, 2.24) is 9.78 Å². The Morgan fingerprint density at radius 1 is 1.29 bits per heavy atom. The fourth-order valence-electron chi connectivity index (χ4n) is 2.51. The Kier molecular flexibility index (Phi) is 3.78. The van der Waals surface area contributed by atoms with Gasteiger partial charge in [0.1, 0.15) is 5.82 Å². The Labute approximate surface area is 130 Å². The molecule has 0 radical (unpaired) electrons. The van der Waals surface area contributed by atoms with Crippen LogP contribution in [-0.2, 0) is 13.5 Å². The first-order valence-electron chi connectivity index (χ1n) is 6.59. The maximum absolute atomic E-state index is 13.4. The molecule has 1 atom stereocenters. The molecule has 108 valence electrons. The van der Waals surface area contributed by atoms with Gasteiger partial charge in [0, 0.05) is 23.3 Å². The van der Waals surface area contributed by atoms with Crippen LogP contribution in [-0.4, -0.2) is 14.9 Å². The van der Waals surface area contributed by atoms with E-state index in [1.165, 1.54) is 12.1 Å². The van der Waals surface area contributed by atoms with Crippen LogP contribution in [0.2, 0.25) is 0 Å². The molecule has 1 heterocycles. The largest absolute Gasteiger partial charge is 0.388 e. The minimum Gasteiger partial charge on any atom is -0.388 e. The van der Waals surface area contributed by atoms with Crippen LogP contribution < -0.4 is 0 Å². The number of hydrogen-bond donors (Lipinski definition) is 1. The van der Waals surface area contributed by atoms with E-state index in [-0.39, 0.29) is 5.82 Å². The SMILES string of the molecule is Cn1nc(CC(O)c2cc(F)cc(Br)c2)c2ccccc21. The monoisotopic (exact) mass is 348 g/mol. The molecule has 3 nitrogen and oxygen atoms in total. The third-order valence-corrected chi connectivity index (χ3v) is 3.95. The second-order valence-electron chi connectivity index (χ2n) is 5.01. The molecule has 0 spiro atoms. The quantitative estimate of drug-likeness (QED) is 0.782. The van der Waals surface area contributed by atoms with Gasteiger partial charge in [-0.3, -0.25) is 4.68 Å². The van der Waals surface area contributed by atoms with Gasteiger partial charge < -0.3 is 5.11 Å². The van der Waals surface area contributed by atoms with Crippen LogP contribution in [0.25, 0.3) is 10.9 Å². The van der Waals surface area contributed by atoms with Crippen molar-refractivity contribution < 1.29 is 9.50 Å². The second-order valence-corrected chi connectivity index (χ2v) is 5.93. The topological polar surface area (TPSA) is 38.0 Å². The van der Waals surface area contributed by atoms with Gasteiger partial charge in [-0.1, -0.05) is 34.1 Å². The fraction of sp³-hybridized carbons (Fsp3) is 0.188. The minimum absolute atomic E-state index is 0.344. The van der Waals surface area contributed by atoms with E-state index in [0.29, 0.717) is 16.5 Å². The van der Waals surface area contributed by atoms with Crippen LogP contribution in [0.1, 0.15) is 17.4 Å². The van der Waals surface area contributed by atoms with Crippen LogP contribution in [0.5, 0.6) is 0 Å². The Balaban J connectivity index is 1.94. The number of para-hydroxylation sites is 1. The molecule has 0 saturated heterocycles. The molecule has 5 heteroatoms. The number of aliphatic hydroxyl groups excluding tert-OH is 1. The smallest absolute Gasteiger partial charge is 0.124 e. The number of aryl methyl sites for hydroxylation is 1. The molecule has 0 aliphatic carbocycles. The van der Waals surface area contributed by atoms with Crippen LogP contribution in [0.3, 0.4) is 0 Å². The molecule has 0 aliphatic heterocycles. The lowest BCUT2D eigenvalue weighted by atomic mass is 10.0. The van der Waals surface area contributed by atoms with Crippen LogP contribution >= 0.6 is 15.9 Å². The summed E-state index contributed by atoms with van der Waals surface area (Å²) in [6, 6.07) is 12.3. The van der Waals surface area contributed by atoms with E-state index < -0.39 is 6.10 Å². The summed E-state index contributed by atoms with van der Waals surface area (Å²) in [5.74, 6) is -0.371. The highest BCUT2D eigenvalue weighted by Gasteiger charge is 2.15. The van der Waals surface area contributed by atoms with Gasteiger partial charge in [0.05, 0.1) is 17.3 Å². The van der Waals surface area contributed by atoms with Crippen LogP contribution in [0, 0.1) is 5.82 Å². The van der Waals surface area contributed by atoms with E-state index in [1.54, 1.807) is 10.7 Å². The van der Waals surface area contributed by atoms with Gasteiger partial charge in [0.2, 0.25) is 0 Å². The third kappa shape index (κ3) is 2.84. The van der Waals surface area contributed by atoms with Crippen molar-refractivity contribution in [3.8, 4) is 0 Å². The Bertz CT molecular complexity index is 780. The highest BCUT2D eigenvalue weighted by Crippen LogP contribution is 2.26. The zero-order valence-corrected chi connectivity index (χ0v) is 13.0. The molecule has 0 aliphatic rings. The van der Waals surface area contributed by atoms with Crippen molar-refractivity contribution in [2.24, 2.45) is 7.05 Å². The summed E-state index contributed by atoms with van der Waals surface area (Å²) in [4.78, 5) is 0. The van der Waals surface area contributed by atoms with E-state index in [9.17, 15) is 9.50 Å². The maximum atomic E-state index is 13.4. The molecule has 0 saturated carbocycles. The summed E-state index contributed by atoms with van der Waals surface area (Å²) >= 11 is 3.24. The molecule has 0 bridgehead atoms. The highest BCUT2D eigenvalue weighted by atomic mass is 79.9. The molecular formula is C16H14BrFN2O. The molecule has 2 aromatic carbocycles. The Morgan fingerprint density at radius 3 is 2.81 bits per heavy atom. The highest BCUT2D eigenvalue weighted by molar-refractivity contribution is 9.10.